The molecular formula is C11H14ClN3S. The van der Waals surface area contributed by atoms with Crippen LogP contribution in [-0.4, -0.2) is 28.8 Å². The van der Waals surface area contributed by atoms with E-state index in [1.165, 1.54) is 11.8 Å². The van der Waals surface area contributed by atoms with E-state index in [9.17, 15) is 0 Å². The first-order valence-electron chi connectivity index (χ1n) is 5.03. The summed E-state index contributed by atoms with van der Waals surface area (Å²) in [6.45, 7) is 2.43. The number of aliphatic imine (C=N–C) groups is 2. The maximum atomic E-state index is 5.78. The number of nitrogens with zero attached hydrogens (tertiary/aromatic N) is 2. The minimum Gasteiger partial charge on any atom is -0.348 e. The van der Waals surface area contributed by atoms with Crippen molar-refractivity contribution >= 4 is 33.7 Å². The number of nitrogens with one attached hydrogen (secondary N) is 1. The molecule has 0 saturated carbocycles. The zero-order chi connectivity index (χ0) is 11.8. The molecule has 1 unspecified atom stereocenters. The molecule has 0 aromatic heterocycles. The molecule has 3 nitrogen and oxygen atoms in total. The van der Waals surface area contributed by atoms with Crippen molar-refractivity contribution in [3.8, 4) is 12.3 Å². The second-order valence-corrected chi connectivity index (χ2v) is 4.66. The van der Waals surface area contributed by atoms with Gasteiger partial charge < -0.3 is 5.32 Å². The number of hydrogen-bond donors (Lipinski definition) is 1. The summed E-state index contributed by atoms with van der Waals surface area (Å²) < 4.78 is 0.591. The Hall–Kier alpha value is -0.920. The Morgan fingerprint density at radius 3 is 3.25 bits per heavy atom. The minimum absolute atomic E-state index is 0.00414. The molecule has 1 aliphatic rings. The van der Waals surface area contributed by atoms with Gasteiger partial charge in [-0.2, -0.15) is 0 Å². The van der Waals surface area contributed by atoms with Gasteiger partial charge in [-0.15, -0.1) is 6.42 Å². The maximum absolute atomic E-state index is 5.78. The molecule has 1 atom stereocenters. The van der Waals surface area contributed by atoms with Crippen molar-refractivity contribution in [2.75, 3.05) is 12.3 Å². The van der Waals surface area contributed by atoms with Gasteiger partial charge in [0.2, 0.25) is 0 Å². The number of rotatable bonds is 4. The molecule has 16 heavy (non-hydrogen) atoms. The summed E-state index contributed by atoms with van der Waals surface area (Å²) >= 11 is 7.31. The van der Waals surface area contributed by atoms with Crippen LogP contribution in [0.2, 0.25) is 0 Å². The highest BCUT2D eigenvalue weighted by atomic mass is 35.5. The second-order valence-electron chi connectivity index (χ2n) is 3.07. The first-order valence-corrected chi connectivity index (χ1v) is 6.39. The Balaban J connectivity index is 2.57. The quantitative estimate of drug-likeness (QED) is 0.475. The third kappa shape index (κ3) is 4.73. The topological polar surface area (TPSA) is 36.8 Å². The van der Waals surface area contributed by atoms with Gasteiger partial charge in [-0.1, -0.05) is 42.3 Å². The number of halogens is 1. The molecule has 0 radical (unpaired) electrons. The highest BCUT2D eigenvalue weighted by Gasteiger charge is 2.16. The average Bonchev–Trinajstić information content (AvgIpc) is 2.68. The summed E-state index contributed by atoms with van der Waals surface area (Å²) in [5, 5.41) is 3.19. The largest absolute Gasteiger partial charge is 0.348 e. The first-order chi connectivity index (χ1) is 7.76. The Kier molecular flexibility index (Phi) is 6.05. The van der Waals surface area contributed by atoms with Crippen LogP contribution < -0.4 is 5.32 Å². The molecule has 0 spiro atoms. The van der Waals surface area contributed by atoms with Crippen LogP contribution in [-0.2, 0) is 0 Å². The van der Waals surface area contributed by atoms with Gasteiger partial charge in [0.15, 0.2) is 4.50 Å². The Morgan fingerprint density at radius 1 is 1.88 bits per heavy atom. The SMILES string of the molecule is C#CCN=C(/C=C\CC)NC1CSC(Cl)=N1. The fourth-order valence-electron chi connectivity index (χ4n) is 1.10. The average molecular weight is 256 g/mol. The van der Waals surface area contributed by atoms with E-state index < -0.39 is 0 Å². The predicted octanol–water partition coefficient (Wildman–Crippen LogP) is 2.24. The molecule has 0 amide bonds. The van der Waals surface area contributed by atoms with E-state index in [1.807, 2.05) is 12.2 Å². The van der Waals surface area contributed by atoms with Crippen molar-refractivity contribution in [1.82, 2.24) is 5.32 Å². The summed E-state index contributed by atoms with van der Waals surface area (Å²) in [6.07, 6.45) is 10.1. The van der Waals surface area contributed by atoms with E-state index in [-0.39, 0.29) is 6.17 Å². The molecule has 86 valence electrons. The third-order valence-corrected chi connectivity index (χ3v) is 3.04. The lowest BCUT2D eigenvalue weighted by Gasteiger charge is -2.09. The van der Waals surface area contributed by atoms with Crippen LogP contribution in [0.15, 0.2) is 22.1 Å². The van der Waals surface area contributed by atoms with Crippen molar-refractivity contribution in [1.29, 1.82) is 0 Å². The third-order valence-electron chi connectivity index (χ3n) is 1.78. The van der Waals surface area contributed by atoms with Gasteiger partial charge in [0, 0.05) is 5.75 Å². The van der Waals surface area contributed by atoms with Gasteiger partial charge >= 0.3 is 0 Å². The van der Waals surface area contributed by atoms with Crippen molar-refractivity contribution in [2.24, 2.45) is 9.98 Å². The molecule has 5 heteroatoms. The van der Waals surface area contributed by atoms with Gasteiger partial charge in [0.05, 0.1) is 0 Å². The van der Waals surface area contributed by atoms with Crippen LogP contribution in [0.5, 0.6) is 0 Å². The monoisotopic (exact) mass is 255 g/mol. The summed E-state index contributed by atoms with van der Waals surface area (Å²) in [6, 6.07) is 0. The van der Waals surface area contributed by atoms with Crippen LogP contribution >= 0.6 is 23.4 Å². The molecule has 1 N–H and O–H groups in total. The number of hydrogen-bond acceptors (Lipinski definition) is 3. The van der Waals surface area contributed by atoms with Gasteiger partial charge in [-0.25, -0.2) is 4.99 Å². The molecular weight excluding hydrogens is 242 g/mol. The van der Waals surface area contributed by atoms with Gasteiger partial charge in [0.25, 0.3) is 0 Å². The van der Waals surface area contributed by atoms with Crippen LogP contribution in [0, 0.1) is 12.3 Å². The molecule has 1 rings (SSSR count). The van der Waals surface area contributed by atoms with Gasteiger partial charge in [-0.05, 0) is 12.5 Å². The van der Waals surface area contributed by atoms with E-state index in [0.29, 0.717) is 11.0 Å². The molecule has 1 aliphatic heterocycles. The van der Waals surface area contributed by atoms with Crippen molar-refractivity contribution < 1.29 is 0 Å². The Morgan fingerprint density at radius 2 is 2.69 bits per heavy atom. The van der Waals surface area contributed by atoms with E-state index in [1.54, 1.807) is 0 Å². The van der Waals surface area contributed by atoms with E-state index >= 15 is 0 Å². The lowest BCUT2D eigenvalue weighted by molar-refractivity contribution is 0.723. The Bertz CT molecular complexity index is 355. The molecule has 0 bridgehead atoms. The fraction of sp³-hybridized carbons (Fsp3) is 0.455. The number of thioether (sulfide) groups is 1. The van der Waals surface area contributed by atoms with Gasteiger partial charge in [0.1, 0.15) is 18.5 Å². The van der Waals surface area contributed by atoms with Crippen LogP contribution in [0.3, 0.4) is 0 Å². The van der Waals surface area contributed by atoms with E-state index in [2.05, 4.69) is 28.1 Å². The van der Waals surface area contributed by atoms with E-state index in [4.69, 9.17) is 18.0 Å². The fourth-order valence-corrected chi connectivity index (χ4v) is 2.06. The van der Waals surface area contributed by atoms with Crippen LogP contribution in [0.25, 0.3) is 0 Å². The van der Waals surface area contributed by atoms with Crippen molar-refractivity contribution in [2.45, 2.75) is 19.5 Å². The minimum atomic E-state index is -0.00414. The summed E-state index contributed by atoms with van der Waals surface area (Å²) in [4.78, 5) is 8.44. The van der Waals surface area contributed by atoms with Crippen LogP contribution in [0.1, 0.15) is 13.3 Å². The molecule has 0 aliphatic carbocycles. The summed E-state index contributed by atoms with van der Waals surface area (Å²) in [7, 11) is 0. The van der Waals surface area contributed by atoms with Crippen molar-refractivity contribution in [3.05, 3.63) is 12.2 Å². The summed E-state index contributed by atoms with van der Waals surface area (Å²) in [5.74, 6) is 4.07. The number of terminal acetylenes is 1. The lowest BCUT2D eigenvalue weighted by Crippen LogP contribution is -2.32. The second kappa shape index (κ2) is 7.37. The maximum Gasteiger partial charge on any atom is 0.160 e. The molecule has 1 heterocycles. The van der Waals surface area contributed by atoms with Crippen molar-refractivity contribution in [3.63, 3.8) is 0 Å². The first kappa shape index (κ1) is 13.1. The smallest absolute Gasteiger partial charge is 0.160 e. The molecule has 0 aromatic carbocycles. The summed E-state index contributed by atoms with van der Waals surface area (Å²) in [5.41, 5.74) is 0. The zero-order valence-electron chi connectivity index (χ0n) is 9.11. The Labute approximate surface area is 105 Å². The number of amidine groups is 1. The highest BCUT2D eigenvalue weighted by Crippen LogP contribution is 2.18. The number of allylic oxidation sites excluding steroid dienone is 1. The molecule has 0 fully saturated rings. The molecule has 0 aromatic rings. The van der Waals surface area contributed by atoms with E-state index in [0.717, 1.165) is 18.0 Å². The predicted molar refractivity (Wildman–Crippen MR) is 73.2 cm³/mol. The highest BCUT2D eigenvalue weighted by molar-refractivity contribution is 8.17. The van der Waals surface area contributed by atoms with Gasteiger partial charge in [-0.3, -0.25) is 4.99 Å². The lowest BCUT2D eigenvalue weighted by atomic mass is 10.4. The standard InChI is InChI=1S/C11H14ClN3S/c1-3-5-6-9(13-7-4-2)14-10-8-16-11(12)15-10/h2,5-6,10H,3,7-8H2,1H3,(H,13,14)/b6-5-. The molecule has 0 saturated heterocycles. The zero-order valence-corrected chi connectivity index (χ0v) is 10.7. The van der Waals surface area contributed by atoms with Crippen LogP contribution in [0.4, 0.5) is 0 Å². The normalized spacial score (nSPS) is 20.9.